The van der Waals surface area contributed by atoms with Gasteiger partial charge in [-0.2, -0.15) is 5.26 Å². The van der Waals surface area contributed by atoms with Gasteiger partial charge in [0.2, 0.25) is 5.88 Å². The lowest BCUT2D eigenvalue weighted by Crippen LogP contribution is -1.98. The summed E-state index contributed by atoms with van der Waals surface area (Å²) in [5.74, 6) is 0.491. The van der Waals surface area contributed by atoms with Gasteiger partial charge in [0, 0.05) is 18.1 Å². The van der Waals surface area contributed by atoms with E-state index in [1.54, 1.807) is 18.3 Å². The molecule has 0 aliphatic heterocycles. The van der Waals surface area contributed by atoms with Crippen LogP contribution in [-0.4, -0.2) is 18.0 Å². The Balaban J connectivity index is 2.94. The van der Waals surface area contributed by atoms with Gasteiger partial charge in [-0.3, -0.25) is 0 Å². The van der Waals surface area contributed by atoms with Crippen molar-refractivity contribution in [2.45, 2.75) is 5.92 Å². The second-order valence-electron chi connectivity index (χ2n) is 2.47. The first-order valence-electron chi connectivity index (χ1n) is 3.77. The molecule has 0 saturated heterocycles. The molecule has 0 saturated carbocycles. The molecule has 0 aliphatic rings. The maximum absolute atomic E-state index is 8.75. The standard InChI is InChI=1S/C9H9ClN2O/c1-13-9-4-7(2-3-12-9)8(5-10)6-11/h2-4,8H,5H2,1H3. The summed E-state index contributed by atoms with van der Waals surface area (Å²) in [5.41, 5.74) is 0.837. The molecule has 0 amide bonds. The third-order valence-electron chi connectivity index (χ3n) is 1.68. The van der Waals surface area contributed by atoms with Gasteiger partial charge in [-0.25, -0.2) is 4.98 Å². The normalized spacial score (nSPS) is 11.8. The van der Waals surface area contributed by atoms with Crippen LogP contribution in [0.3, 0.4) is 0 Å². The molecule has 1 aromatic heterocycles. The molecule has 68 valence electrons. The quantitative estimate of drug-likeness (QED) is 0.694. The number of ether oxygens (including phenoxy) is 1. The van der Waals surface area contributed by atoms with Crippen molar-refractivity contribution in [3.05, 3.63) is 23.9 Å². The summed E-state index contributed by atoms with van der Waals surface area (Å²) in [7, 11) is 1.54. The monoisotopic (exact) mass is 196 g/mol. The molecule has 1 aromatic rings. The van der Waals surface area contributed by atoms with Crippen LogP contribution >= 0.6 is 11.6 Å². The summed E-state index contributed by atoms with van der Waals surface area (Å²) >= 11 is 5.61. The third-order valence-corrected chi connectivity index (χ3v) is 1.99. The van der Waals surface area contributed by atoms with Crippen LogP contribution in [-0.2, 0) is 0 Å². The fourth-order valence-corrected chi connectivity index (χ4v) is 1.20. The Morgan fingerprint density at radius 1 is 1.77 bits per heavy atom. The van der Waals surface area contributed by atoms with Gasteiger partial charge in [-0.05, 0) is 11.6 Å². The van der Waals surface area contributed by atoms with E-state index in [4.69, 9.17) is 21.6 Å². The van der Waals surface area contributed by atoms with Gasteiger partial charge in [0.05, 0.1) is 19.1 Å². The molecule has 0 aliphatic carbocycles. The molecule has 0 spiro atoms. The largest absolute Gasteiger partial charge is 0.481 e. The number of hydrogen-bond donors (Lipinski definition) is 0. The Morgan fingerprint density at radius 3 is 3.08 bits per heavy atom. The Hall–Kier alpha value is -1.27. The number of methoxy groups -OCH3 is 1. The molecule has 0 aromatic carbocycles. The first-order valence-corrected chi connectivity index (χ1v) is 4.30. The lowest BCUT2D eigenvalue weighted by molar-refractivity contribution is 0.397. The third kappa shape index (κ3) is 2.33. The lowest BCUT2D eigenvalue weighted by atomic mass is 10.0. The van der Waals surface area contributed by atoms with E-state index in [2.05, 4.69) is 11.1 Å². The van der Waals surface area contributed by atoms with E-state index in [1.165, 1.54) is 7.11 Å². The van der Waals surface area contributed by atoms with E-state index in [1.807, 2.05) is 0 Å². The maximum Gasteiger partial charge on any atom is 0.213 e. The van der Waals surface area contributed by atoms with Gasteiger partial charge in [-0.1, -0.05) is 0 Å². The smallest absolute Gasteiger partial charge is 0.213 e. The molecule has 0 radical (unpaired) electrons. The highest BCUT2D eigenvalue weighted by molar-refractivity contribution is 6.18. The minimum absolute atomic E-state index is 0.281. The molecule has 13 heavy (non-hydrogen) atoms. The number of alkyl halides is 1. The minimum Gasteiger partial charge on any atom is -0.481 e. The van der Waals surface area contributed by atoms with Gasteiger partial charge in [0.15, 0.2) is 0 Å². The van der Waals surface area contributed by atoms with Crippen molar-refractivity contribution in [3.63, 3.8) is 0 Å². The molecule has 3 nitrogen and oxygen atoms in total. The van der Waals surface area contributed by atoms with Crippen LogP contribution in [0.4, 0.5) is 0 Å². The highest BCUT2D eigenvalue weighted by Crippen LogP contribution is 2.19. The predicted molar refractivity (Wildman–Crippen MR) is 49.9 cm³/mol. The Kier molecular flexibility index (Phi) is 3.53. The molecule has 1 atom stereocenters. The fourth-order valence-electron chi connectivity index (χ4n) is 0.951. The molecule has 1 unspecified atom stereocenters. The Morgan fingerprint density at radius 2 is 2.54 bits per heavy atom. The van der Waals surface area contributed by atoms with Crippen LogP contribution in [0.25, 0.3) is 0 Å². The van der Waals surface area contributed by atoms with E-state index in [0.717, 1.165) is 5.56 Å². The van der Waals surface area contributed by atoms with Crippen LogP contribution in [0, 0.1) is 11.3 Å². The summed E-state index contributed by atoms with van der Waals surface area (Å²) in [6.45, 7) is 0. The zero-order valence-electron chi connectivity index (χ0n) is 7.20. The summed E-state index contributed by atoms with van der Waals surface area (Å²) in [6.07, 6.45) is 1.60. The summed E-state index contributed by atoms with van der Waals surface area (Å²) in [5, 5.41) is 8.75. The van der Waals surface area contributed by atoms with E-state index in [9.17, 15) is 0 Å². The number of rotatable bonds is 3. The molecular formula is C9H9ClN2O. The number of nitriles is 1. The van der Waals surface area contributed by atoms with Crippen molar-refractivity contribution in [3.8, 4) is 11.9 Å². The lowest BCUT2D eigenvalue weighted by Gasteiger charge is -2.05. The second kappa shape index (κ2) is 4.68. The first kappa shape index (κ1) is 9.82. The van der Waals surface area contributed by atoms with Crippen LogP contribution in [0.15, 0.2) is 18.3 Å². The van der Waals surface area contributed by atoms with Gasteiger partial charge in [-0.15, -0.1) is 11.6 Å². The summed E-state index contributed by atoms with van der Waals surface area (Å²) < 4.78 is 4.93. The number of nitrogens with zero attached hydrogens (tertiary/aromatic N) is 2. The average Bonchev–Trinajstić information content (AvgIpc) is 2.20. The molecule has 0 N–H and O–H groups in total. The van der Waals surface area contributed by atoms with E-state index >= 15 is 0 Å². The number of halogens is 1. The van der Waals surface area contributed by atoms with Crippen molar-refractivity contribution in [1.29, 1.82) is 5.26 Å². The molecule has 0 bridgehead atoms. The van der Waals surface area contributed by atoms with Crippen molar-refractivity contribution in [2.24, 2.45) is 0 Å². The highest BCUT2D eigenvalue weighted by Gasteiger charge is 2.09. The van der Waals surface area contributed by atoms with E-state index in [-0.39, 0.29) is 11.8 Å². The van der Waals surface area contributed by atoms with Gasteiger partial charge >= 0.3 is 0 Å². The van der Waals surface area contributed by atoms with E-state index in [0.29, 0.717) is 5.88 Å². The van der Waals surface area contributed by atoms with Crippen molar-refractivity contribution >= 4 is 11.6 Å². The SMILES string of the molecule is COc1cc(C(C#N)CCl)ccn1. The average molecular weight is 197 g/mol. The number of hydrogen-bond acceptors (Lipinski definition) is 3. The van der Waals surface area contributed by atoms with Gasteiger partial charge in [0.1, 0.15) is 0 Å². The number of pyridine rings is 1. The van der Waals surface area contributed by atoms with Crippen molar-refractivity contribution in [1.82, 2.24) is 4.98 Å². The van der Waals surface area contributed by atoms with Crippen LogP contribution in [0.1, 0.15) is 11.5 Å². The zero-order chi connectivity index (χ0) is 9.68. The fraction of sp³-hybridized carbons (Fsp3) is 0.333. The van der Waals surface area contributed by atoms with E-state index < -0.39 is 0 Å². The predicted octanol–water partition coefficient (Wildman–Crippen LogP) is 1.94. The van der Waals surface area contributed by atoms with Gasteiger partial charge in [0.25, 0.3) is 0 Å². The molecule has 1 heterocycles. The number of aromatic nitrogens is 1. The van der Waals surface area contributed by atoms with Crippen LogP contribution < -0.4 is 4.74 Å². The second-order valence-corrected chi connectivity index (χ2v) is 2.78. The van der Waals surface area contributed by atoms with Crippen molar-refractivity contribution < 1.29 is 4.74 Å². The topological polar surface area (TPSA) is 45.9 Å². The minimum atomic E-state index is -0.293. The molecular weight excluding hydrogens is 188 g/mol. The first-order chi connectivity index (χ1) is 6.31. The molecule has 4 heteroatoms. The summed E-state index contributed by atoms with van der Waals surface area (Å²) in [6, 6.07) is 5.59. The zero-order valence-corrected chi connectivity index (χ0v) is 7.95. The molecule has 1 rings (SSSR count). The van der Waals surface area contributed by atoms with Crippen molar-refractivity contribution in [2.75, 3.05) is 13.0 Å². The summed E-state index contributed by atoms with van der Waals surface area (Å²) in [4.78, 5) is 3.93. The highest BCUT2D eigenvalue weighted by atomic mass is 35.5. The Bertz CT molecular complexity index is 322. The maximum atomic E-state index is 8.75. The van der Waals surface area contributed by atoms with Gasteiger partial charge < -0.3 is 4.74 Å². The molecule has 0 fully saturated rings. The van der Waals surface area contributed by atoms with Crippen LogP contribution in [0.2, 0.25) is 0 Å². The van der Waals surface area contributed by atoms with Crippen LogP contribution in [0.5, 0.6) is 5.88 Å². The Labute approximate surface area is 81.9 Å².